The van der Waals surface area contributed by atoms with Crippen LogP contribution in [0.5, 0.6) is 0 Å². The molecule has 0 bridgehead atoms. The number of aromatic nitrogens is 3. The summed E-state index contributed by atoms with van der Waals surface area (Å²) < 4.78 is 33.4. The summed E-state index contributed by atoms with van der Waals surface area (Å²) in [6.45, 7) is 4.49. The maximum atomic E-state index is 12.9. The summed E-state index contributed by atoms with van der Waals surface area (Å²) in [6.07, 6.45) is -2.38. The van der Waals surface area contributed by atoms with Crippen LogP contribution < -0.4 is 5.56 Å². The van der Waals surface area contributed by atoms with E-state index in [2.05, 4.69) is 15.0 Å². The maximum Gasteiger partial charge on any atom is 0.490 e. The largest absolute Gasteiger partial charge is 0.490 e. The van der Waals surface area contributed by atoms with Crippen LogP contribution >= 0.6 is 0 Å². The van der Waals surface area contributed by atoms with Gasteiger partial charge in [-0.3, -0.25) is 14.5 Å². The van der Waals surface area contributed by atoms with E-state index < -0.39 is 12.1 Å². The zero-order valence-corrected chi connectivity index (χ0v) is 17.5. The van der Waals surface area contributed by atoms with E-state index in [0.29, 0.717) is 22.2 Å². The lowest BCUT2D eigenvalue weighted by atomic mass is 10.2. The smallest absolute Gasteiger partial charge is 0.475 e. The summed E-state index contributed by atoms with van der Waals surface area (Å²) in [5.41, 5.74) is 1.47. The number of H-pyrrole nitrogens is 1. The highest BCUT2D eigenvalue weighted by Crippen LogP contribution is 2.30. The molecule has 1 aromatic carbocycles. The molecule has 0 radical (unpaired) electrons. The molecule has 0 spiro atoms. The standard InChI is InChI=1S/C19H21N5O2.C2HF3O2/c25-18-14-3-1-2-4-16(14)24-17(20-18)11-15(21-24)19(26)23-9-7-22(8-10-23)12-13-5-6-13;3-2(4,5)1(6)7/h1-4,11,13H,5-10,12H2,(H,20,25);(H,6,7). The Balaban J connectivity index is 0.000000325. The van der Waals surface area contributed by atoms with E-state index in [-0.39, 0.29) is 11.5 Å². The molecular weight excluding hydrogens is 443 g/mol. The molecule has 12 heteroatoms. The monoisotopic (exact) mass is 465 g/mol. The summed E-state index contributed by atoms with van der Waals surface area (Å²) in [6, 6.07) is 8.96. The Morgan fingerprint density at radius 3 is 2.36 bits per heavy atom. The van der Waals surface area contributed by atoms with Gasteiger partial charge in [-0.05, 0) is 30.9 Å². The van der Waals surface area contributed by atoms with E-state index in [9.17, 15) is 22.8 Å². The van der Waals surface area contributed by atoms with Gasteiger partial charge in [0.1, 0.15) is 5.65 Å². The Labute approximate surface area is 185 Å². The van der Waals surface area contributed by atoms with Gasteiger partial charge < -0.3 is 15.0 Å². The van der Waals surface area contributed by atoms with Crippen LogP contribution in [0.1, 0.15) is 23.3 Å². The number of carbonyl (C=O) groups is 2. The molecule has 1 saturated heterocycles. The summed E-state index contributed by atoms with van der Waals surface area (Å²) in [5.74, 6) is -1.95. The fourth-order valence-electron chi connectivity index (χ4n) is 3.75. The Hall–Kier alpha value is -3.41. The van der Waals surface area contributed by atoms with Gasteiger partial charge >= 0.3 is 12.1 Å². The molecule has 9 nitrogen and oxygen atoms in total. The minimum Gasteiger partial charge on any atom is -0.475 e. The van der Waals surface area contributed by atoms with Crippen molar-refractivity contribution in [2.75, 3.05) is 32.7 Å². The number of nitrogens with zero attached hydrogens (tertiary/aromatic N) is 4. The van der Waals surface area contributed by atoms with E-state index in [1.54, 1.807) is 16.6 Å². The number of aliphatic carboxylic acids is 1. The normalized spacial score (nSPS) is 17.1. The molecule has 2 N–H and O–H groups in total. The van der Waals surface area contributed by atoms with Gasteiger partial charge in [0, 0.05) is 38.8 Å². The molecule has 5 rings (SSSR count). The fourth-order valence-corrected chi connectivity index (χ4v) is 3.75. The number of hydrogen-bond acceptors (Lipinski definition) is 5. The van der Waals surface area contributed by atoms with Gasteiger partial charge in [-0.1, -0.05) is 12.1 Å². The number of aromatic amines is 1. The summed E-state index contributed by atoms with van der Waals surface area (Å²) in [4.78, 5) is 41.1. The minimum absolute atomic E-state index is 0.0651. The molecule has 1 amide bonds. The van der Waals surface area contributed by atoms with E-state index >= 15 is 0 Å². The molecule has 2 aromatic heterocycles. The lowest BCUT2D eigenvalue weighted by Crippen LogP contribution is -2.49. The maximum absolute atomic E-state index is 12.9. The Bertz CT molecular complexity index is 1240. The fraction of sp³-hybridized carbons (Fsp3) is 0.429. The second-order valence-electron chi connectivity index (χ2n) is 8.14. The molecule has 1 aliphatic carbocycles. The van der Waals surface area contributed by atoms with Crippen LogP contribution in [0, 0.1) is 5.92 Å². The summed E-state index contributed by atoms with van der Waals surface area (Å²) in [5, 5.41) is 12.2. The number of carbonyl (C=O) groups excluding carboxylic acids is 1. The first-order valence-electron chi connectivity index (χ1n) is 10.5. The average molecular weight is 465 g/mol. The lowest BCUT2D eigenvalue weighted by Gasteiger charge is -2.34. The topological polar surface area (TPSA) is 111 Å². The number of fused-ring (bicyclic) bond motifs is 3. The number of amides is 1. The first kappa shape index (κ1) is 22.8. The van der Waals surface area contributed by atoms with Gasteiger partial charge in [-0.15, -0.1) is 0 Å². The molecular formula is C21H22F3N5O4. The molecule has 176 valence electrons. The van der Waals surface area contributed by atoms with Crippen LogP contribution in [0.2, 0.25) is 0 Å². The predicted molar refractivity (Wildman–Crippen MR) is 112 cm³/mol. The second kappa shape index (κ2) is 8.85. The van der Waals surface area contributed by atoms with E-state index in [1.165, 1.54) is 19.4 Å². The number of carboxylic acid groups (broad SMARTS) is 1. The van der Waals surface area contributed by atoms with Gasteiger partial charge in [0.15, 0.2) is 5.69 Å². The first-order chi connectivity index (χ1) is 15.6. The SMILES string of the molecule is O=C(O)C(F)(F)F.O=C(c1cc2[nH]c(=O)c3ccccc3n2n1)N1CCN(CC2CC2)CC1. The first-order valence-corrected chi connectivity index (χ1v) is 10.5. The Morgan fingerprint density at radius 1 is 1.12 bits per heavy atom. The minimum atomic E-state index is -5.08. The number of hydrogen-bond donors (Lipinski definition) is 2. The molecule has 1 saturated carbocycles. The van der Waals surface area contributed by atoms with Crippen molar-refractivity contribution in [2.45, 2.75) is 19.0 Å². The number of carboxylic acids is 1. The van der Waals surface area contributed by atoms with Crippen molar-refractivity contribution in [2.24, 2.45) is 5.92 Å². The Morgan fingerprint density at radius 2 is 1.76 bits per heavy atom. The van der Waals surface area contributed by atoms with Crippen molar-refractivity contribution in [3.63, 3.8) is 0 Å². The van der Waals surface area contributed by atoms with Crippen LogP contribution in [0.4, 0.5) is 13.2 Å². The van der Waals surface area contributed by atoms with E-state index in [1.807, 2.05) is 23.1 Å². The Kier molecular flexibility index (Phi) is 6.11. The van der Waals surface area contributed by atoms with Crippen molar-refractivity contribution >= 4 is 28.4 Å². The molecule has 0 unspecified atom stereocenters. The number of nitrogens with one attached hydrogen (secondary N) is 1. The number of halogens is 3. The number of para-hydroxylation sites is 1. The number of alkyl halides is 3. The number of benzene rings is 1. The summed E-state index contributed by atoms with van der Waals surface area (Å²) in [7, 11) is 0. The molecule has 1 aliphatic heterocycles. The van der Waals surface area contributed by atoms with Crippen molar-refractivity contribution in [3.05, 3.63) is 46.4 Å². The van der Waals surface area contributed by atoms with Crippen LogP contribution in [-0.4, -0.2) is 80.3 Å². The quantitative estimate of drug-likeness (QED) is 0.612. The highest BCUT2D eigenvalue weighted by Gasteiger charge is 2.38. The third kappa shape index (κ3) is 5.16. The highest BCUT2D eigenvalue weighted by atomic mass is 19.4. The van der Waals surface area contributed by atoms with Gasteiger partial charge in [-0.2, -0.15) is 18.3 Å². The predicted octanol–water partition coefficient (Wildman–Crippen LogP) is 1.98. The van der Waals surface area contributed by atoms with E-state index in [0.717, 1.165) is 32.1 Å². The number of piperazine rings is 1. The van der Waals surface area contributed by atoms with Crippen LogP contribution in [-0.2, 0) is 4.79 Å². The third-order valence-corrected chi connectivity index (χ3v) is 5.66. The van der Waals surface area contributed by atoms with Crippen molar-refractivity contribution in [1.82, 2.24) is 24.4 Å². The summed E-state index contributed by atoms with van der Waals surface area (Å²) >= 11 is 0. The third-order valence-electron chi connectivity index (χ3n) is 5.66. The average Bonchev–Trinajstić information content (AvgIpc) is 3.49. The van der Waals surface area contributed by atoms with Gasteiger partial charge in [-0.25, -0.2) is 9.31 Å². The molecule has 2 fully saturated rings. The zero-order valence-electron chi connectivity index (χ0n) is 17.5. The van der Waals surface area contributed by atoms with Crippen molar-refractivity contribution in [3.8, 4) is 0 Å². The van der Waals surface area contributed by atoms with Crippen molar-refractivity contribution in [1.29, 1.82) is 0 Å². The molecule has 3 heterocycles. The zero-order chi connectivity index (χ0) is 23.8. The van der Waals surface area contributed by atoms with Gasteiger partial charge in [0.2, 0.25) is 0 Å². The molecule has 2 aliphatic rings. The van der Waals surface area contributed by atoms with E-state index in [4.69, 9.17) is 9.90 Å². The van der Waals surface area contributed by atoms with Crippen LogP contribution in [0.15, 0.2) is 35.1 Å². The van der Waals surface area contributed by atoms with Crippen molar-refractivity contribution < 1.29 is 27.9 Å². The second-order valence-corrected chi connectivity index (χ2v) is 8.14. The van der Waals surface area contributed by atoms with Gasteiger partial charge in [0.25, 0.3) is 11.5 Å². The van der Waals surface area contributed by atoms with Gasteiger partial charge in [0.05, 0.1) is 10.9 Å². The molecule has 33 heavy (non-hydrogen) atoms. The molecule has 3 aromatic rings. The lowest BCUT2D eigenvalue weighted by molar-refractivity contribution is -0.192. The highest BCUT2D eigenvalue weighted by molar-refractivity contribution is 5.94. The van der Waals surface area contributed by atoms with Crippen LogP contribution in [0.3, 0.4) is 0 Å². The van der Waals surface area contributed by atoms with Crippen LogP contribution in [0.25, 0.3) is 16.6 Å². The molecule has 0 atom stereocenters. The number of rotatable bonds is 3.